The first-order valence-corrected chi connectivity index (χ1v) is 7.90. The summed E-state index contributed by atoms with van der Waals surface area (Å²) >= 11 is 0. The lowest BCUT2D eigenvalue weighted by atomic mass is 10.0. The van der Waals surface area contributed by atoms with Crippen LogP contribution in [-0.4, -0.2) is 53.3 Å². The van der Waals surface area contributed by atoms with Crippen molar-refractivity contribution in [1.29, 1.82) is 0 Å². The summed E-state index contributed by atoms with van der Waals surface area (Å²) in [6.07, 6.45) is 2.20. The molecule has 2 heterocycles. The minimum absolute atomic E-state index is 0.243. The number of hydrogen-bond acceptors (Lipinski definition) is 6. The normalized spacial score (nSPS) is 20.6. The van der Waals surface area contributed by atoms with E-state index in [9.17, 15) is 10.1 Å². The second-order valence-corrected chi connectivity index (χ2v) is 5.93. The largest absolute Gasteiger partial charge is 0.339 e. The first-order chi connectivity index (χ1) is 11.2. The summed E-state index contributed by atoms with van der Waals surface area (Å²) in [5, 5.41) is 12.8. The van der Waals surface area contributed by atoms with Crippen molar-refractivity contribution >= 4 is 5.96 Å². The number of piperidine rings is 1. The lowest BCUT2D eigenvalue weighted by molar-refractivity contribution is -0.525. The van der Waals surface area contributed by atoms with Crippen LogP contribution in [0.2, 0.25) is 0 Å². The highest BCUT2D eigenvalue weighted by Crippen LogP contribution is 2.18. The summed E-state index contributed by atoms with van der Waals surface area (Å²) in [5.41, 5.74) is 3.42. The maximum absolute atomic E-state index is 10.4. The number of nitrogens with one attached hydrogen (secondary N) is 2. The fourth-order valence-electron chi connectivity index (χ4n) is 3.13. The van der Waals surface area contributed by atoms with Crippen LogP contribution < -0.4 is 10.7 Å². The third kappa shape index (κ3) is 4.40. The highest BCUT2D eigenvalue weighted by molar-refractivity contribution is 5.78. The Morgan fingerprint density at radius 1 is 1.30 bits per heavy atom. The van der Waals surface area contributed by atoms with E-state index in [0.29, 0.717) is 19.4 Å². The van der Waals surface area contributed by atoms with Crippen LogP contribution in [0.3, 0.4) is 0 Å². The fraction of sp³-hybridized carbons (Fsp3) is 0.533. The maximum Gasteiger partial charge on any atom is 0.256 e. The van der Waals surface area contributed by atoms with Gasteiger partial charge in [-0.25, -0.2) is 15.1 Å². The number of hydrogen-bond donors (Lipinski definition) is 2. The van der Waals surface area contributed by atoms with Gasteiger partial charge in [-0.15, -0.1) is 0 Å². The second kappa shape index (κ2) is 7.38. The van der Waals surface area contributed by atoms with Crippen LogP contribution in [0.1, 0.15) is 18.4 Å². The van der Waals surface area contributed by atoms with Gasteiger partial charge in [-0.2, -0.15) is 0 Å². The van der Waals surface area contributed by atoms with Crippen LogP contribution in [-0.2, 0) is 6.54 Å². The van der Waals surface area contributed by atoms with Gasteiger partial charge in [0.25, 0.3) is 5.96 Å². The smallest absolute Gasteiger partial charge is 0.256 e. The molecule has 1 saturated heterocycles. The van der Waals surface area contributed by atoms with E-state index in [1.165, 1.54) is 5.56 Å². The van der Waals surface area contributed by atoms with Gasteiger partial charge in [0.1, 0.15) is 0 Å². The number of guanidine groups is 1. The van der Waals surface area contributed by atoms with Gasteiger partial charge in [0.2, 0.25) is 0 Å². The van der Waals surface area contributed by atoms with Crippen molar-refractivity contribution in [2.45, 2.75) is 25.4 Å². The number of nitrogens with zero attached hydrogens (tertiary/aromatic N) is 4. The Hall–Kier alpha value is -2.19. The Morgan fingerprint density at radius 3 is 2.65 bits per heavy atom. The molecule has 0 atom stereocenters. The van der Waals surface area contributed by atoms with Gasteiger partial charge in [-0.05, 0) is 31.5 Å². The molecule has 1 aromatic carbocycles. The molecular formula is C15H22N6O2. The van der Waals surface area contributed by atoms with E-state index >= 15 is 0 Å². The zero-order valence-electron chi connectivity index (χ0n) is 13.0. The van der Waals surface area contributed by atoms with E-state index in [1.807, 2.05) is 6.07 Å². The molecule has 0 spiro atoms. The SMILES string of the molecule is O=[N+]([O-])NC1=NCN(C2CCN(Cc3ccccc3)CC2)CN1. The van der Waals surface area contributed by atoms with Gasteiger partial charge in [0.05, 0.1) is 13.3 Å². The third-order valence-corrected chi connectivity index (χ3v) is 4.38. The molecule has 0 saturated carbocycles. The lowest BCUT2D eigenvalue weighted by Gasteiger charge is -2.39. The van der Waals surface area contributed by atoms with Crippen molar-refractivity contribution in [3.8, 4) is 0 Å². The number of rotatable bonds is 4. The summed E-state index contributed by atoms with van der Waals surface area (Å²) in [4.78, 5) is 19.3. The van der Waals surface area contributed by atoms with E-state index in [1.54, 1.807) is 0 Å². The molecule has 2 aliphatic rings. The molecule has 2 aliphatic heterocycles. The van der Waals surface area contributed by atoms with Gasteiger partial charge >= 0.3 is 0 Å². The zero-order chi connectivity index (χ0) is 16.1. The second-order valence-electron chi connectivity index (χ2n) is 5.93. The van der Waals surface area contributed by atoms with E-state index in [-0.39, 0.29) is 5.96 Å². The van der Waals surface area contributed by atoms with Crippen molar-refractivity contribution in [2.75, 3.05) is 26.4 Å². The zero-order valence-corrected chi connectivity index (χ0v) is 13.0. The highest BCUT2D eigenvalue weighted by Gasteiger charge is 2.26. The van der Waals surface area contributed by atoms with Gasteiger partial charge in [-0.1, -0.05) is 35.8 Å². The molecule has 23 heavy (non-hydrogen) atoms. The Morgan fingerprint density at radius 2 is 2.04 bits per heavy atom. The monoisotopic (exact) mass is 318 g/mol. The third-order valence-electron chi connectivity index (χ3n) is 4.38. The van der Waals surface area contributed by atoms with E-state index in [0.717, 1.165) is 32.5 Å². The Bertz CT molecular complexity index is 556. The van der Waals surface area contributed by atoms with Crippen LogP contribution in [0.5, 0.6) is 0 Å². The molecule has 2 N–H and O–H groups in total. The maximum atomic E-state index is 10.4. The van der Waals surface area contributed by atoms with Gasteiger partial charge < -0.3 is 5.32 Å². The van der Waals surface area contributed by atoms with Crippen molar-refractivity contribution in [2.24, 2.45) is 4.99 Å². The number of aliphatic imine (C=N–C) groups is 1. The Kier molecular flexibility index (Phi) is 5.04. The molecule has 0 unspecified atom stereocenters. The first-order valence-electron chi connectivity index (χ1n) is 7.90. The molecule has 8 heteroatoms. The molecule has 0 aliphatic carbocycles. The predicted molar refractivity (Wildman–Crippen MR) is 87.0 cm³/mol. The summed E-state index contributed by atoms with van der Waals surface area (Å²) in [6.45, 7) is 4.25. The van der Waals surface area contributed by atoms with Crippen LogP contribution in [0.25, 0.3) is 0 Å². The van der Waals surface area contributed by atoms with Gasteiger partial charge in [-0.3, -0.25) is 9.80 Å². The van der Waals surface area contributed by atoms with E-state index in [4.69, 9.17) is 0 Å². The molecule has 1 fully saturated rings. The summed E-state index contributed by atoms with van der Waals surface area (Å²) in [7, 11) is 0. The van der Waals surface area contributed by atoms with Crippen molar-refractivity contribution in [3.05, 3.63) is 46.0 Å². The molecule has 3 rings (SSSR count). The van der Waals surface area contributed by atoms with E-state index in [2.05, 4.69) is 49.8 Å². The standard InChI is InChI=1S/C15H22N6O2/c22-21(23)18-15-16-11-20(12-17-15)14-6-8-19(9-7-14)10-13-4-2-1-3-5-13/h1-5,14H,6-12H2,(H2,16,17,18). The van der Waals surface area contributed by atoms with Crippen LogP contribution >= 0.6 is 0 Å². The number of likely N-dealkylation sites (tertiary alicyclic amines) is 1. The molecule has 8 nitrogen and oxygen atoms in total. The summed E-state index contributed by atoms with van der Waals surface area (Å²) < 4.78 is 0. The lowest BCUT2D eigenvalue weighted by Crippen LogP contribution is -2.54. The first kappa shape index (κ1) is 15.7. The summed E-state index contributed by atoms with van der Waals surface area (Å²) in [5.74, 6) is 0.243. The average molecular weight is 318 g/mol. The van der Waals surface area contributed by atoms with Crippen LogP contribution in [0.15, 0.2) is 35.3 Å². The molecular weight excluding hydrogens is 296 g/mol. The van der Waals surface area contributed by atoms with E-state index < -0.39 is 5.03 Å². The van der Waals surface area contributed by atoms with Crippen molar-refractivity contribution < 1.29 is 5.03 Å². The van der Waals surface area contributed by atoms with Crippen molar-refractivity contribution in [1.82, 2.24) is 20.5 Å². The number of benzene rings is 1. The van der Waals surface area contributed by atoms with Crippen molar-refractivity contribution in [3.63, 3.8) is 0 Å². The molecule has 0 bridgehead atoms. The molecule has 1 aromatic rings. The quantitative estimate of drug-likeness (QED) is 0.625. The highest BCUT2D eigenvalue weighted by atomic mass is 16.7. The molecule has 0 aromatic heterocycles. The Labute approximate surface area is 135 Å². The topological polar surface area (TPSA) is 86.0 Å². The predicted octanol–water partition coefficient (Wildman–Crippen LogP) is 0.608. The minimum Gasteiger partial charge on any atom is -0.339 e. The average Bonchev–Trinajstić information content (AvgIpc) is 2.57. The summed E-state index contributed by atoms with van der Waals surface area (Å²) in [6, 6.07) is 11.0. The minimum atomic E-state index is -0.594. The van der Waals surface area contributed by atoms with Gasteiger partial charge in [0, 0.05) is 12.6 Å². The molecule has 124 valence electrons. The fourth-order valence-corrected chi connectivity index (χ4v) is 3.13. The number of hydrazine groups is 1. The van der Waals surface area contributed by atoms with Crippen LogP contribution in [0.4, 0.5) is 0 Å². The van der Waals surface area contributed by atoms with Crippen LogP contribution in [0, 0.1) is 10.1 Å². The Balaban J connectivity index is 1.44. The molecule has 0 amide bonds. The molecule has 0 radical (unpaired) electrons. The van der Waals surface area contributed by atoms with Gasteiger partial charge in [0.15, 0.2) is 5.03 Å². The number of nitro groups is 1.